The zero-order chi connectivity index (χ0) is 22.1. The first-order valence-electron chi connectivity index (χ1n) is 10.3. The molecule has 0 spiro atoms. The lowest BCUT2D eigenvalue weighted by Crippen LogP contribution is -2.20. The SMILES string of the molecule is CCOc1cc([C@@H]2C=C(c3ccc(Cl)cc3)Nc3nc(-c4ccccc4)nn32)ccc1O. The number of phenols is 1. The van der Waals surface area contributed by atoms with E-state index in [1.807, 2.05) is 78.3 Å². The molecule has 6 nitrogen and oxygen atoms in total. The van der Waals surface area contributed by atoms with Gasteiger partial charge in [0.15, 0.2) is 17.3 Å². The molecule has 1 aromatic heterocycles. The quantitative estimate of drug-likeness (QED) is 0.409. The lowest BCUT2D eigenvalue weighted by molar-refractivity contribution is 0.317. The number of ether oxygens (including phenoxy) is 1. The summed E-state index contributed by atoms with van der Waals surface area (Å²) in [4.78, 5) is 4.76. The van der Waals surface area contributed by atoms with E-state index < -0.39 is 0 Å². The fraction of sp³-hybridized carbons (Fsp3) is 0.120. The second kappa shape index (κ2) is 8.40. The van der Waals surface area contributed by atoms with Crippen LogP contribution >= 0.6 is 11.6 Å². The summed E-state index contributed by atoms with van der Waals surface area (Å²) in [6, 6.07) is 22.6. The molecule has 4 aromatic rings. The lowest BCUT2D eigenvalue weighted by atomic mass is 10.0. The summed E-state index contributed by atoms with van der Waals surface area (Å²) < 4.78 is 7.46. The number of halogens is 1. The van der Waals surface area contributed by atoms with Gasteiger partial charge in [-0.25, -0.2) is 4.68 Å². The molecule has 0 aliphatic carbocycles. The molecule has 2 N–H and O–H groups in total. The van der Waals surface area contributed by atoms with Gasteiger partial charge < -0.3 is 15.2 Å². The number of benzene rings is 3. The van der Waals surface area contributed by atoms with Crippen LogP contribution in [0.4, 0.5) is 5.95 Å². The van der Waals surface area contributed by atoms with Crippen LogP contribution in [0.2, 0.25) is 5.02 Å². The van der Waals surface area contributed by atoms with Gasteiger partial charge in [-0.15, -0.1) is 5.10 Å². The van der Waals surface area contributed by atoms with Crippen molar-refractivity contribution >= 4 is 23.2 Å². The molecular formula is C25H21ClN4O2. The summed E-state index contributed by atoms with van der Waals surface area (Å²) in [6.45, 7) is 2.35. The van der Waals surface area contributed by atoms with E-state index in [0.717, 1.165) is 22.4 Å². The summed E-state index contributed by atoms with van der Waals surface area (Å²) in [7, 11) is 0. The van der Waals surface area contributed by atoms with Gasteiger partial charge in [-0.1, -0.05) is 60.1 Å². The van der Waals surface area contributed by atoms with Gasteiger partial charge in [-0.2, -0.15) is 4.98 Å². The number of hydrogen-bond donors (Lipinski definition) is 2. The molecule has 0 saturated heterocycles. The molecule has 2 heterocycles. The van der Waals surface area contributed by atoms with Gasteiger partial charge in [0.05, 0.1) is 6.61 Å². The molecule has 0 unspecified atom stereocenters. The van der Waals surface area contributed by atoms with Crippen molar-refractivity contribution in [2.75, 3.05) is 11.9 Å². The molecule has 5 rings (SSSR count). The summed E-state index contributed by atoms with van der Waals surface area (Å²) >= 11 is 6.09. The van der Waals surface area contributed by atoms with E-state index in [0.29, 0.717) is 29.2 Å². The van der Waals surface area contributed by atoms with Gasteiger partial charge in [0.1, 0.15) is 6.04 Å². The predicted octanol–water partition coefficient (Wildman–Crippen LogP) is 5.76. The molecule has 0 amide bonds. The van der Waals surface area contributed by atoms with Crippen molar-refractivity contribution < 1.29 is 9.84 Å². The average molecular weight is 445 g/mol. The van der Waals surface area contributed by atoms with Crippen molar-refractivity contribution in [2.45, 2.75) is 13.0 Å². The maximum Gasteiger partial charge on any atom is 0.227 e. The Hall–Kier alpha value is -3.77. The first-order valence-corrected chi connectivity index (χ1v) is 10.7. The number of anilines is 1. The number of allylic oxidation sites excluding steroid dienone is 1. The molecule has 1 atom stereocenters. The minimum Gasteiger partial charge on any atom is -0.504 e. The van der Waals surface area contributed by atoms with E-state index >= 15 is 0 Å². The number of hydrogen-bond acceptors (Lipinski definition) is 5. The van der Waals surface area contributed by atoms with E-state index in [-0.39, 0.29) is 11.8 Å². The Morgan fingerprint density at radius 1 is 1.03 bits per heavy atom. The first-order chi connectivity index (χ1) is 15.6. The topological polar surface area (TPSA) is 72.2 Å². The van der Waals surface area contributed by atoms with Crippen LogP contribution in [0.5, 0.6) is 11.5 Å². The molecular weight excluding hydrogens is 424 g/mol. The van der Waals surface area contributed by atoms with Gasteiger partial charge in [-0.05, 0) is 48.4 Å². The van der Waals surface area contributed by atoms with Gasteiger partial charge in [0, 0.05) is 16.3 Å². The zero-order valence-corrected chi connectivity index (χ0v) is 18.1. The number of nitrogens with zero attached hydrogens (tertiary/aromatic N) is 3. The summed E-state index contributed by atoms with van der Waals surface area (Å²) in [5.74, 6) is 1.81. The van der Waals surface area contributed by atoms with Crippen LogP contribution in [-0.2, 0) is 0 Å². The van der Waals surface area contributed by atoms with E-state index in [1.165, 1.54) is 0 Å². The second-order valence-electron chi connectivity index (χ2n) is 7.39. The minimum atomic E-state index is -0.248. The van der Waals surface area contributed by atoms with E-state index in [1.54, 1.807) is 6.07 Å². The normalized spacial score (nSPS) is 14.9. The van der Waals surface area contributed by atoms with Crippen molar-refractivity contribution in [1.29, 1.82) is 0 Å². The smallest absolute Gasteiger partial charge is 0.227 e. The van der Waals surface area contributed by atoms with Crippen molar-refractivity contribution in [2.24, 2.45) is 0 Å². The highest BCUT2D eigenvalue weighted by atomic mass is 35.5. The second-order valence-corrected chi connectivity index (χ2v) is 7.82. The number of nitrogens with one attached hydrogen (secondary N) is 1. The van der Waals surface area contributed by atoms with Crippen LogP contribution in [0.25, 0.3) is 17.1 Å². The largest absolute Gasteiger partial charge is 0.504 e. The maximum absolute atomic E-state index is 10.2. The Morgan fingerprint density at radius 3 is 2.56 bits per heavy atom. The highest BCUT2D eigenvalue weighted by Crippen LogP contribution is 2.37. The average Bonchev–Trinajstić information content (AvgIpc) is 3.25. The third-order valence-corrected chi connectivity index (χ3v) is 5.53. The molecule has 3 aromatic carbocycles. The lowest BCUT2D eigenvalue weighted by Gasteiger charge is -2.25. The third kappa shape index (κ3) is 3.81. The molecule has 32 heavy (non-hydrogen) atoms. The molecule has 1 aliphatic rings. The van der Waals surface area contributed by atoms with Crippen LogP contribution in [0, 0.1) is 0 Å². The van der Waals surface area contributed by atoms with E-state index in [9.17, 15) is 5.11 Å². The molecule has 160 valence electrons. The standard InChI is InChI=1S/C25H21ClN4O2/c1-2-32-23-14-18(10-13-22(23)31)21-15-20(16-8-11-19(26)12-9-16)27-25-28-24(29-30(21)25)17-6-4-3-5-7-17/h3-15,21,31H,2H2,1H3,(H,27,28,29)/t21-/m0/s1. The van der Waals surface area contributed by atoms with E-state index in [2.05, 4.69) is 11.4 Å². The zero-order valence-electron chi connectivity index (χ0n) is 17.4. The molecule has 0 radical (unpaired) electrons. The highest BCUT2D eigenvalue weighted by molar-refractivity contribution is 6.30. The maximum atomic E-state index is 10.2. The highest BCUT2D eigenvalue weighted by Gasteiger charge is 2.26. The minimum absolute atomic E-state index is 0.107. The molecule has 0 fully saturated rings. The number of fused-ring (bicyclic) bond motifs is 1. The first kappa shape index (κ1) is 20.2. The Bertz CT molecular complexity index is 1280. The van der Waals surface area contributed by atoms with Gasteiger partial charge in [-0.3, -0.25) is 0 Å². The van der Waals surface area contributed by atoms with Gasteiger partial charge >= 0.3 is 0 Å². The summed E-state index contributed by atoms with van der Waals surface area (Å²) in [5.41, 5.74) is 3.74. The molecule has 1 aliphatic heterocycles. The number of rotatable bonds is 5. The van der Waals surface area contributed by atoms with Crippen molar-refractivity contribution in [3.63, 3.8) is 0 Å². The van der Waals surface area contributed by atoms with E-state index in [4.69, 9.17) is 26.4 Å². The van der Waals surface area contributed by atoms with Crippen LogP contribution in [-0.4, -0.2) is 26.5 Å². The van der Waals surface area contributed by atoms with Crippen LogP contribution in [0.3, 0.4) is 0 Å². The fourth-order valence-corrected chi connectivity index (χ4v) is 3.85. The Labute approximate surface area is 190 Å². The molecule has 7 heteroatoms. The van der Waals surface area contributed by atoms with Crippen LogP contribution in [0.1, 0.15) is 24.1 Å². The van der Waals surface area contributed by atoms with Gasteiger partial charge in [0.25, 0.3) is 0 Å². The Balaban J connectivity index is 1.63. The molecule has 0 saturated carbocycles. The monoisotopic (exact) mass is 444 g/mol. The number of aromatic nitrogens is 3. The van der Waals surface area contributed by atoms with Crippen LogP contribution in [0.15, 0.2) is 78.9 Å². The van der Waals surface area contributed by atoms with Gasteiger partial charge in [0.2, 0.25) is 5.95 Å². The van der Waals surface area contributed by atoms with Crippen molar-refractivity contribution in [1.82, 2.24) is 14.8 Å². The van der Waals surface area contributed by atoms with Crippen LogP contribution < -0.4 is 10.1 Å². The summed E-state index contributed by atoms with van der Waals surface area (Å²) in [5, 5.41) is 19.0. The van der Waals surface area contributed by atoms with Crippen molar-refractivity contribution in [3.05, 3.63) is 95.0 Å². The number of phenolic OH excluding ortho intramolecular Hbond substituents is 1. The third-order valence-electron chi connectivity index (χ3n) is 5.28. The number of aromatic hydroxyl groups is 1. The summed E-state index contributed by atoms with van der Waals surface area (Å²) in [6.07, 6.45) is 2.09. The fourth-order valence-electron chi connectivity index (χ4n) is 3.72. The molecule has 0 bridgehead atoms. The van der Waals surface area contributed by atoms with Crippen molar-refractivity contribution in [3.8, 4) is 22.9 Å². The Kier molecular flexibility index (Phi) is 5.29. The Morgan fingerprint density at radius 2 is 1.81 bits per heavy atom. The predicted molar refractivity (Wildman–Crippen MR) is 126 cm³/mol.